The fraction of sp³-hybridized carbons (Fsp3) is 0.586. The Bertz CT molecular complexity index is 839. The third-order valence-corrected chi connectivity index (χ3v) is 6.34. The van der Waals surface area contributed by atoms with E-state index in [1.165, 1.54) is 5.57 Å². The number of rotatable bonds is 11. The molecule has 3 nitrogen and oxygen atoms in total. The van der Waals surface area contributed by atoms with Gasteiger partial charge in [-0.25, -0.2) is 0 Å². The van der Waals surface area contributed by atoms with Crippen molar-refractivity contribution in [3.63, 3.8) is 0 Å². The summed E-state index contributed by atoms with van der Waals surface area (Å²) in [6.45, 7) is 13.9. The third-order valence-electron chi connectivity index (χ3n) is 6.34. The standard InChI is InChI=1S/C29H43F2NO2/c1-7-12-22(15-16-23(9-3)26-13-10-11-14-27(26)34-28(30)31)19-32-20-24(29(4,5)6)18-25(21-32)33-17-8-2/h9-16,24-25,28H,7-8,17-21H2,1-6H3/b16-15-,22-12-,23-9+. The molecule has 1 aliphatic heterocycles. The lowest BCUT2D eigenvalue weighted by Crippen LogP contribution is -2.48. The Hall–Kier alpha value is -1.98. The molecule has 0 radical (unpaired) electrons. The van der Waals surface area contributed by atoms with Crippen LogP contribution in [0.2, 0.25) is 0 Å². The molecule has 1 aromatic rings. The molecular formula is C29H43F2NO2. The van der Waals surface area contributed by atoms with Gasteiger partial charge in [-0.05, 0) is 54.7 Å². The number of likely N-dealkylation sites (tertiary alicyclic amines) is 1. The van der Waals surface area contributed by atoms with Crippen molar-refractivity contribution >= 4 is 5.57 Å². The molecule has 0 aliphatic carbocycles. The van der Waals surface area contributed by atoms with Crippen LogP contribution >= 0.6 is 0 Å². The zero-order valence-electron chi connectivity index (χ0n) is 21.8. The molecule has 1 fully saturated rings. The zero-order chi connectivity index (χ0) is 25.1. The van der Waals surface area contributed by atoms with Gasteiger partial charge in [0.25, 0.3) is 0 Å². The van der Waals surface area contributed by atoms with Crippen LogP contribution in [0.1, 0.15) is 66.4 Å². The highest BCUT2D eigenvalue weighted by Gasteiger charge is 2.34. The second-order valence-electron chi connectivity index (χ2n) is 10.1. The van der Waals surface area contributed by atoms with Crippen molar-refractivity contribution in [3.8, 4) is 5.75 Å². The minimum Gasteiger partial charge on any atom is -0.434 e. The molecule has 1 aromatic carbocycles. The van der Waals surface area contributed by atoms with Crippen LogP contribution in [0.3, 0.4) is 0 Å². The predicted octanol–water partition coefficient (Wildman–Crippen LogP) is 7.75. The van der Waals surface area contributed by atoms with Gasteiger partial charge in [-0.15, -0.1) is 0 Å². The lowest BCUT2D eigenvalue weighted by molar-refractivity contribution is -0.0500. The highest BCUT2D eigenvalue weighted by molar-refractivity contribution is 5.78. The van der Waals surface area contributed by atoms with Gasteiger partial charge in [-0.3, -0.25) is 4.90 Å². The number of hydrogen-bond acceptors (Lipinski definition) is 3. The predicted molar refractivity (Wildman–Crippen MR) is 138 cm³/mol. The van der Waals surface area contributed by atoms with E-state index in [1.54, 1.807) is 12.1 Å². The van der Waals surface area contributed by atoms with Crippen LogP contribution in [0.5, 0.6) is 5.75 Å². The average molecular weight is 476 g/mol. The first-order valence-electron chi connectivity index (χ1n) is 12.6. The van der Waals surface area contributed by atoms with Gasteiger partial charge in [0.2, 0.25) is 0 Å². The van der Waals surface area contributed by atoms with Crippen molar-refractivity contribution in [3.05, 3.63) is 59.7 Å². The molecule has 0 saturated carbocycles. The topological polar surface area (TPSA) is 21.7 Å². The molecule has 0 amide bonds. The second-order valence-corrected chi connectivity index (χ2v) is 10.1. The van der Waals surface area contributed by atoms with E-state index in [1.807, 2.05) is 31.2 Å². The first-order valence-corrected chi connectivity index (χ1v) is 12.6. The zero-order valence-corrected chi connectivity index (χ0v) is 21.8. The van der Waals surface area contributed by atoms with Crippen LogP contribution in [0, 0.1) is 11.3 Å². The molecule has 34 heavy (non-hydrogen) atoms. The van der Waals surface area contributed by atoms with Gasteiger partial charge in [-0.2, -0.15) is 8.78 Å². The third kappa shape index (κ3) is 8.99. The molecule has 1 aliphatic rings. The van der Waals surface area contributed by atoms with Gasteiger partial charge in [0.15, 0.2) is 0 Å². The van der Waals surface area contributed by atoms with Crippen LogP contribution in [0.15, 0.2) is 54.1 Å². The van der Waals surface area contributed by atoms with Gasteiger partial charge < -0.3 is 9.47 Å². The first-order chi connectivity index (χ1) is 16.2. The van der Waals surface area contributed by atoms with E-state index in [4.69, 9.17) is 9.47 Å². The first kappa shape index (κ1) is 28.3. The molecule has 2 unspecified atom stereocenters. The molecule has 2 atom stereocenters. The summed E-state index contributed by atoms with van der Waals surface area (Å²) in [5, 5.41) is 0. The Labute approximate surface area is 205 Å². The molecule has 0 bridgehead atoms. The fourth-order valence-electron chi connectivity index (χ4n) is 4.45. The summed E-state index contributed by atoms with van der Waals surface area (Å²) in [5.74, 6) is 0.760. The molecule has 0 spiro atoms. The molecule has 1 saturated heterocycles. The van der Waals surface area contributed by atoms with Crippen LogP contribution in [-0.4, -0.2) is 43.9 Å². The molecular weight excluding hydrogens is 432 g/mol. The normalized spacial score (nSPS) is 21.0. The molecule has 0 N–H and O–H groups in total. The van der Waals surface area contributed by atoms with Crippen molar-refractivity contribution in [2.75, 3.05) is 26.2 Å². The van der Waals surface area contributed by atoms with E-state index >= 15 is 0 Å². The van der Waals surface area contributed by atoms with E-state index in [9.17, 15) is 8.78 Å². The van der Waals surface area contributed by atoms with Crippen LogP contribution in [0.25, 0.3) is 5.57 Å². The Morgan fingerprint density at radius 2 is 1.88 bits per heavy atom. The number of nitrogens with zero attached hydrogens (tertiary/aromatic N) is 1. The highest BCUT2D eigenvalue weighted by Crippen LogP contribution is 2.35. The highest BCUT2D eigenvalue weighted by atomic mass is 19.3. The Balaban J connectivity index is 2.20. The molecule has 5 heteroatoms. The lowest BCUT2D eigenvalue weighted by atomic mass is 9.75. The maximum Gasteiger partial charge on any atom is 0.387 e. The number of halogens is 2. The van der Waals surface area contributed by atoms with E-state index in [-0.39, 0.29) is 17.3 Å². The number of allylic oxidation sites excluding steroid dienone is 4. The van der Waals surface area contributed by atoms with E-state index < -0.39 is 6.61 Å². The Kier molecular flexibility index (Phi) is 11.5. The van der Waals surface area contributed by atoms with E-state index in [0.29, 0.717) is 11.5 Å². The van der Waals surface area contributed by atoms with Crippen LogP contribution in [0.4, 0.5) is 8.78 Å². The fourth-order valence-corrected chi connectivity index (χ4v) is 4.45. The number of benzene rings is 1. The Morgan fingerprint density at radius 1 is 1.15 bits per heavy atom. The second kappa shape index (κ2) is 13.8. The number of alkyl halides is 2. The molecule has 2 rings (SSSR count). The van der Waals surface area contributed by atoms with Crippen molar-refractivity contribution in [2.45, 2.75) is 73.5 Å². The average Bonchev–Trinajstić information content (AvgIpc) is 2.78. The van der Waals surface area contributed by atoms with E-state index in [2.05, 4.69) is 51.7 Å². The van der Waals surface area contributed by atoms with Crippen molar-refractivity contribution in [1.29, 1.82) is 0 Å². The van der Waals surface area contributed by atoms with Gasteiger partial charge in [0.1, 0.15) is 5.75 Å². The largest absolute Gasteiger partial charge is 0.434 e. The summed E-state index contributed by atoms with van der Waals surface area (Å²) in [6, 6.07) is 6.94. The molecule has 1 heterocycles. The summed E-state index contributed by atoms with van der Waals surface area (Å²) >= 11 is 0. The SMILES string of the molecule is C\C=C(/C=C\C(=C\CC)CN1CC(OCCC)CC(C(C)(C)C)C1)c1ccccc1OC(F)F. The van der Waals surface area contributed by atoms with Crippen molar-refractivity contribution in [2.24, 2.45) is 11.3 Å². The van der Waals surface area contributed by atoms with Crippen molar-refractivity contribution in [1.82, 2.24) is 4.90 Å². The van der Waals surface area contributed by atoms with E-state index in [0.717, 1.165) is 51.1 Å². The quantitative estimate of drug-likeness (QED) is 0.305. The van der Waals surface area contributed by atoms with Gasteiger partial charge in [0, 0.05) is 31.8 Å². The summed E-state index contributed by atoms with van der Waals surface area (Å²) < 4.78 is 36.7. The number of piperidine rings is 1. The summed E-state index contributed by atoms with van der Waals surface area (Å²) in [5.41, 5.74) is 2.96. The van der Waals surface area contributed by atoms with Crippen molar-refractivity contribution < 1.29 is 18.3 Å². The van der Waals surface area contributed by atoms with Crippen LogP contribution in [-0.2, 0) is 4.74 Å². The maximum atomic E-state index is 12.9. The maximum absolute atomic E-state index is 12.9. The van der Waals surface area contributed by atoms with Gasteiger partial charge in [-0.1, -0.05) is 77.1 Å². The lowest BCUT2D eigenvalue weighted by Gasteiger charge is -2.43. The minimum atomic E-state index is -2.85. The number of ether oxygens (including phenoxy) is 2. The number of hydrogen-bond donors (Lipinski definition) is 0. The van der Waals surface area contributed by atoms with Gasteiger partial charge >= 0.3 is 6.61 Å². The molecule has 0 aromatic heterocycles. The Morgan fingerprint density at radius 3 is 2.50 bits per heavy atom. The smallest absolute Gasteiger partial charge is 0.387 e. The minimum absolute atomic E-state index is 0.191. The summed E-state index contributed by atoms with van der Waals surface area (Å²) in [7, 11) is 0. The van der Waals surface area contributed by atoms with Gasteiger partial charge in [0.05, 0.1) is 6.10 Å². The monoisotopic (exact) mass is 475 g/mol. The number of para-hydroxylation sites is 1. The molecule has 190 valence electrons. The van der Waals surface area contributed by atoms with Crippen LogP contribution < -0.4 is 4.74 Å². The summed E-state index contributed by atoms with van der Waals surface area (Å²) in [6.07, 6.45) is 11.6. The summed E-state index contributed by atoms with van der Waals surface area (Å²) in [4.78, 5) is 2.51.